The van der Waals surface area contributed by atoms with Crippen LogP contribution in [-0.4, -0.2) is 28.1 Å². The smallest absolute Gasteiger partial charge is 0.261 e. The summed E-state index contributed by atoms with van der Waals surface area (Å²) in [4.78, 5) is 16.3. The Balaban J connectivity index is 1.82. The zero-order valence-corrected chi connectivity index (χ0v) is 14.1. The van der Waals surface area contributed by atoms with Crippen LogP contribution < -0.4 is 10.1 Å². The van der Waals surface area contributed by atoms with Crippen molar-refractivity contribution in [3.8, 4) is 5.75 Å². The second-order valence-electron chi connectivity index (χ2n) is 5.73. The van der Waals surface area contributed by atoms with Crippen molar-refractivity contribution in [3.63, 3.8) is 0 Å². The number of aryl methyl sites for hydroxylation is 3. The first-order chi connectivity index (χ1) is 11.1. The summed E-state index contributed by atoms with van der Waals surface area (Å²) in [5.41, 5.74) is 2.17. The highest BCUT2D eigenvalue weighted by Gasteiger charge is 2.18. The number of aromatic nitrogens is 2. The number of amides is 1. The summed E-state index contributed by atoms with van der Waals surface area (Å²) < 4.78 is 7.91. The molecule has 2 rings (SSSR count). The Kier molecular flexibility index (Phi) is 6.20. The Bertz CT molecular complexity index is 623. The van der Waals surface area contributed by atoms with E-state index in [1.807, 2.05) is 49.7 Å². The molecule has 0 saturated carbocycles. The average Bonchev–Trinajstić information content (AvgIpc) is 3.05. The summed E-state index contributed by atoms with van der Waals surface area (Å²) >= 11 is 0. The van der Waals surface area contributed by atoms with Gasteiger partial charge in [0.25, 0.3) is 5.91 Å². The third kappa shape index (κ3) is 5.13. The van der Waals surface area contributed by atoms with Crippen LogP contribution in [-0.2, 0) is 11.3 Å². The van der Waals surface area contributed by atoms with Crippen molar-refractivity contribution in [2.24, 2.45) is 0 Å². The van der Waals surface area contributed by atoms with Crippen LogP contribution in [0, 0.1) is 13.8 Å². The van der Waals surface area contributed by atoms with E-state index in [0.717, 1.165) is 29.8 Å². The molecule has 1 N–H and O–H groups in total. The normalized spacial score (nSPS) is 12.0. The van der Waals surface area contributed by atoms with E-state index in [4.69, 9.17) is 4.74 Å². The molecular weight excluding hydrogens is 290 g/mol. The lowest BCUT2D eigenvalue weighted by atomic mass is 10.1. The fraction of sp³-hybridized carbons (Fsp3) is 0.444. The van der Waals surface area contributed by atoms with Gasteiger partial charge in [0.15, 0.2) is 6.10 Å². The minimum absolute atomic E-state index is 0.0564. The van der Waals surface area contributed by atoms with E-state index in [0.29, 0.717) is 13.0 Å². The maximum absolute atomic E-state index is 12.3. The van der Waals surface area contributed by atoms with Gasteiger partial charge in [-0.15, -0.1) is 0 Å². The minimum Gasteiger partial charge on any atom is -0.480 e. The number of carbonyl (C=O) groups is 1. The van der Waals surface area contributed by atoms with E-state index in [1.165, 1.54) is 0 Å². The Labute approximate surface area is 137 Å². The first-order valence-electron chi connectivity index (χ1n) is 8.07. The molecule has 0 aliphatic carbocycles. The second kappa shape index (κ2) is 8.36. The maximum Gasteiger partial charge on any atom is 0.261 e. The highest BCUT2D eigenvalue weighted by molar-refractivity contribution is 5.81. The van der Waals surface area contributed by atoms with Gasteiger partial charge in [-0.1, -0.05) is 19.1 Å². The van der Waals surface area contributed by atoms with Gasteiger partial charge in [0.05, 0.1) is 6.33 Å². The number of imidazole rings is 1. The predicted octanol–water partition coefficient (Wildman–Crippen LogP) is 2.86. The zero-order valence-electron chi connectivity index (χ0n) is 14.1. The van der Waals surface area contributed by atoms with Crippen molar-refractivity contribution in [2.45, 2.75) is 46.3 Å². The number of benzene rings is 1. The zero-order chi connectivity index (χ0) is 16.7. The lowest BCUT2D eigenvalue weighted by Crippen LogP contribution is -2.38. The van der Waals surface area contributed by atoms with Crippen LogP contribution in [0.3, 0.4) is 0 Å². The van der Waals surface area contributed by atoms with Crippen molar-refractivity contribution in [1.82, 2.24) is 14.9 Å². The lowest BCUT2D eigenvalue weighted by molar-refractivity contribution is -0.128. The molecule has 0 saturated heterocycles. The summed E-state index contributed by atoms with van der Waals surface area (Å²) in [6, 6.07) is 6.03. The molecule has 0 radical (unpaired) electrons. The van der Waals surface area contributed by atoms with Crippen molar-refractivity contribution >= 4 is 5.91 Å². The molecule has 23 heavy (non-hydrogen) atoms. The number of nitrogens with one attached hydrogen (secondary N) is 1. The molecule has 1 aromatic carbocycles. The average molecular weight is 315 g/mol. The third-order valence-corrected chi connectivity index (χ3v) is 3.73. The van der Waals surface area contributed by atoms with Gasteiger partial charge in [-0.2, -0.15) is 0 Å². The first kappa shape index (κ1) is 17.1. The Morgan fingerprint density at radius 1 is 1.39 bits per heavy atom. The summed E-state index contributed by atoms with van der Waals surface area (Å²) in [6.45, 7) is 7.44. The van der Waals surface area contributed by atoms with Gasteiger partial charge in [0.1, 0.15) is 5.75 Å². The maximum atomic E-state index is 12.3. The van der Waals surface area contributed by atoms with E-state index < -0.39 is 6.10 Å². The third-order valence-electron chi connectivity index (χ3n) is 3.73. The monoisotopic (exact) mass is 315 g/mol. The second-order valence-corrected chi connectivity index (χ2v) is 5.73. The number of hydrogen-bond acceptors (Lipinski definition) is 3. The van der Waals surface area contributed by atoms with Crippen LogP contribution in [0.2, 0.25) is 0 Å². The van der Waals surface area contributed by atoms with E-state index in [2.05, 4.69) is 10.3 Å². The van der Waals surface area contributed by atoms with Gasteiger partial charge in [0.2, 0.25) is 0 Å². The van der Waals surface area contributed by atoms with Crippen LogP contribution >= 0.6 is 0 Å². The molecule has 0 bridgehead atoms. The highest BCUT2D eigenvalue weighted by atomic mass is 16.5. The summed E-state index contributed by atoms with van der Waals surface area (Å²) in [7, 11) is 0. The molecular formula is C18H25N3O2. The number of hydrogen-bond donors (Lipinski definition) is 1. The van der Waals surface area contributed by atoms with E-state index >= 15 is 0 Å². The molecule has 5 nitrogen and oxygen atoms in total. The standard InChI is InChI=1S/C18H25N3O2/c1-4-16(23-17-12-14(2)6-7-15(17)3)18(22)20-8-5-10-21-11-9-19-13-21/h6-7,9,11-13,16H,4-5,8,10H2,1-3H3,(H,20,22)/t16-/m1/s1. The summed E-state index contributed by atoms with van der Waals surface area (Å²) in [5.74, 6) is 0.726. The summed E-state index contributed by atoms with van der Waals surface area (Å²) in [6.07, 6.45) is 6.50. The molecule has 1 heterocycles. The van der Waals surface area contributed by atoms with E-state index in [1.54, 1.807) is 12.5 Å². The Morgan fingerprint density at radius 2 is 2.22 bits per heavy atom. The van der Waals surface area contributed by atoms with Crippen LogP contribution in [0.1, 0.15) is 30.9 Å². The summed E-state index contributed by atoms with van der Waals surface area (Å²) in [5, 5.41) is 2.95. The van der Waals surface area contributed by atoms with Gasteiger partial charge < -0.3 is 14.6 Å². The molecule has 5 heteroatoms. The SMILES string of the molecule is CC[C@@H](Oc1cc(C)ccc1C)C(=O)NCCCn1ccnc1. The van der Waals surface area contributed by atoms with Gasteiger partial charge in [-0.3, -0.25) is 4.79 Å². The van der Waals surface area contributed by atoms with Crippen molar-refractivity contribution in [3.05, 3.63) is 48.0 Å². The molecule has 0 spiro atoms. The Morgan fingerprint density at radius 3 is 2.91 bits per heavy atom. The number of nitrogens with zero attached hydrogens (tertiary/aromatic N) is 2. The lowest BCUT2D eigenvalue weighted by Gasteiger charge is -2.19. The van der Waals surface area contributed by atoms with Gasteiger partial charge in [-0.05, 0) is 43.9 Å². The van der Waals surface area contributed by atoms with Crippen molar-refractivity contribution in [1.29, 1.82) is 0 Å². The quantitative estimate of drug-likeness (QED) is 0.762. The minimum atomic E-state index is -0.455. The molecule has 124 valence electrons. The van der Waals surface area contributed by atoms with Crippen molar-refractivity contribution in [2.75, 3.05) is 6.54 Å². The molecule has 2 aromatic rings. The largest absolute Gasteiger partial charge is 0.480 e. The molecule has 1 atom stereocenters. The number of rotatable bonds is 8. The van der Waals surface area contributed by atoms with E-state index in [9.17, 15) is 4.79 Å². The Hall–Kier alpha value is -2.30. The van der Waals surface area contributed by atoms with Crippen molar-refractivity contribution < 1.29 is 9.53 Å². The molecule has 0 aliphatic rings. The number of carbonyl (C=O) groups excluding carboxylic acids is 1. The molecule has 1 amide bonds. The highest BCUT2D eigenvalue weighted by Crippen LogP contribution is 2.21. The number of ether oxygens (including phenoxy) is 1. The molecule has 0 unspecified atom stereocenters. The van der Waals surface area contributed by atoms with Crippen LogP contribution in [0.25, 0.3) is 0 Å². The fourth-order valence-corrected chi connectivity index (χ4v) is 2.32. The topological polar surface area (TPSA) is 56.1 Å². The van der Waals surface area contributed by atoms with Crippen LogP contribution in [0.15, 0.2) is 36.9 Å². The van der Waals surface area contributed by atoms with Gasteiger partial charge in [-0.25, -0.2) is 4.98 Å². The van der Waals surface area contributed by atoms with E-state index in [-0.39, 0.29) is 5.91 Å². The predicted molar refractivity (Wildman–Crippen MR) is 90.5 cm³/mol. The van der Waals surface area contributed by atoms with Crippen LogP contribution in [0.5, 0.6) is 5.75 Å². The first-order valence-corrected chi connectivity index (χ1v) is 8.07. The van der Waals surface area contributed by atoms with Gasteiger partial charge in [0, 0.05) is 25.5 Å². The van der Waals surface area contributed by atoms with Gasteiger partial charge >= 0.3 is 0 Å². The molecule has 0 aliphatic heterocycles. The van der Waals surface area contributed by atoms with Crippen LogP contribution in [0.4, 0.5) is 0 Å². The molecule has 0 fully saturated rings. The molecule has 1 aromatic heterocycles. The fourth-order valence-electron chi connectivity index (χ4n) is 2.32.